The Hall–Kier alpha value is -1.62. The maximum absolute atomic E-state index is 5.61. The molecular formula is C12H14N2O2S. The number of nitrogens with zero attached hydrogens (tertiary/aromatic N) is 1. The van der Waals surface area contributed by atoms with E-state index < -0.39 is 0 Å². The van der Waals surface area contributed by atoms with Gasteiger partial charge in [-0.3, -0.25) is 0 Å². The first-order chi connectivity index (χ1) is 8.24. The molecular weight excluding hydrogens is 236 g/mol. The van der Waals surface area contributed by atoms with E-state index in [1.807, 2.05) is 31.2 Å². The number of nitrogens with one attached hydrogen (secondary N) is 1. The van der Waals surface area contributed by atoms with Crippen molar-refractivity contribution < 1.29 is 9.15 Å². The SMILES string of the molecule is Cc1cccc(OCCCc2n[nH]c(=S)o2)c1. The van der Waals surface area contributed by atoms with Crippen LogP contribution in [0, 0.1) is 11.8 Å². The van der Waals surface area contributed by atoms with Gasteiger partial charge in [0.2, 0.25) is 5.89 Å². The fraction of sp³-hybridized carbons (Fsp3) is 0.333. The second-order valence-electron chi connectivity index (χ2n) is 3.78. The number of ether oxygens (including phenoxy) is 1. The van der Waals surface area contributed by atoms with Gasteiger partial charge in [-0.15, -0.1) is 5.10 Å². The van der Waals surface area contributed by atoms with E-state index in [4.69, 9.17) is 21.4 Å². The maximum Gasteiger partial charge on any atom is 0.284 e. The molecule has 1 aromatic heterocycles. The van der Waals surface area contributed by atoms with Crippen LogP contribution < -0.4 is 4.74 Å². The molecule has 0 aliphatic rings. The lowest BCUT2D eigenvalue weighted by molar-refractivity contribution is 0.304. The van der Waals surface area contributed by atoms with Gasteiger partial charge in [0, 0.05) is 6.42 Å². The van der Waals surface area contributed by atoms with Crippen LogP contribution in [0.1, 0.15) is 17.9 Å². The van der Waals surface area contributed by atoms with Gasteiger partial charge in [-0.1, -0.05) is 12.1 Å². The quantitative estimate of drug-likeness (QED) is 0.654. The largest absolute Gasteiger partial charge is 0.494 e. The van der Waals surface area contributed by atoms with Crippen LogP contribution in [0.25, 0.3) is 0 Å². The Kier molecular flexibility index (Phi) is 3.93. The van der Waals surface area contributed by atoms with Gasteiger partial charge in [0.25, 0.3) is 4.84 Å². The summed E-state index contributed by atoms with van der Waals surface area (Å²) in [5.41, 5.74) is 1.19. The van der Waals surface area contributed by atoms with E-state index in [1.54, 1.807) is 0 Å². The van der Waals surface area contributed by atoms with Gasteiger partial charge < -0.3 is 9.15 Å². The van der Waals surface area contributed by atoms with Gasteiger partial charge in [0.1, 0.15) is 5.75 Å². The molecule has 90 valence electrons. The molecule has 1 aromatic carbocycles. The molecule has 0 unspecified atom stereocenters. The van der Waals surface area contributed by atoms with E-state index in [1.165, 1.54) is 5.56 Å². The van der Waals surface area contributed by atoms with E-state index >= 15 is 0 Å². The minimum Gasteiger partial charge on any atom is -0.494 e. The lowest BCUT2D eigenvalue weighted by atomic mass is 10.2. The maximum atomic E-state index is 5.61. The molecule has 0 atom stereocenters. The molecule has 0 saturated heterocycles. The number of hydrogen-bond acceptors (Lipinski definition) is 4. The molecule has 1 N–H and O–H groups in total. The predicted molar refractivity (Wildman–Crippen MR) is 66.7 cm³/mol. The van der Waals surface area contributed by atoms with E-state index in [0.29, 0.717) is 17.3 Å². The molecule has 0 radical (unpaired) electrons. The van der Waals surface area contributed by atoms with Crippen LogP contribution in [0.3, 0.4) is 0 Å². The molecule has 1 heterocycles. The van der Waals surface area contributed by atoms with E-state index in [2.05, 4.69) is 10.2 Å². The smallest absolute Gasteiger partial charge is 0.284 e. The summed E-state index contributed by atoms with van der Waals surface area (Å²) >= 11 is 4.79. The van der Waals surface area contributed by atoms with Crippen LogP contribution in [0.4, 0.5) is 0 Å². The number of H-pyrrole nitrogens is 1. The number of benzene rings is 1. The van der Waals surface area contributed by atoms with Crippen molar-refractivity contribution in [3.8, 4) is 5.75 Å². The van der Waals surface area contributed by atoms with Gasteiger partial charge in [0.15, 0.2) is 0 Å². The number of aromatic amines is 1. The Morgan fingerprint density at radius 1 is 1.47 bits per heavy atom. The highest BCUT2D eigenvalue weighted by Gasteiger charge is 2.00. The van der Waals surface area contributed by atoms with Crippen molar-refractivity contribution in [2.24, 2.45) is 0 Å². The molecule has 0 bridgehead atoms. The number of aromatic nitrogens is 2. The zero-order valence-electron chi connectivity index (χ0n) is 9.60. The van der Waals surface area contributed by atoms with Gasteiger partial charge >= 0.3 is 0 Å². The van der Waals surface area contributed by atoms with Crippen molar-refractivity contribution in [2.75, 3.05) is 6.61 Å². The topological polar surface area (TPSA) is 51.0 Å². The lowest BCUT2D eigenvalue weighted by Crippen LogP contribution is -1.99. The van der Waals surface area contributed by atoms with E-state index in [-0.39, 0.29) is 0 Å². The first-order valence-electron chi connectivity index (χ1n) is 5.48. The van der Waals surface area contributed by atoms with Crippen molar-refractivity contribution in [1.29, 1.82) is 0 Å². The Bertz CT molecular complexity index is 533. The van der Waals surface area contributed by atoms with Crippen LogP contribution in [-0.4, -0.2) is 16.8 Å². The molecule has 2 rings (SSSR count). The molecule has 0 spiro atoms. The molecule has 4 nitrogen and oxygen atoms in total. The normalized spacial score (nSPS) is 10.4. The molecule has 0 saturated carbocycles. The lowest BCUT2D eigenvalue weighted by Gasteiger charge is -2.05. The van der Waals surface area contributed by atoms with Crippen molar-refractivity contribution in [1.82, 2.24) is 10.2 Å². The Morgan fingerprint density at radius 3 is 3.06 bits per heavy atom. The molecule has 0 aliphatic heterocycles. The molecule has 0 fully saturated rings. The summed E-state index contributed by atoms with van der Waals surface area (Å²) in [6, 6.07) is 7.99. The Balaban J connectivity index is 1.75. The minimum absolute atomic E-state index is 0.319. The van der Waals surface area contributed by atoms with E-state index in [0.717, 1.165) is 18.6 Å². The van der Waals surface area contributed by atoms with Crippen LogP contribution >= 0.6 is 12.2 Å². The summed E-state index contributed by atoms with van der Waals surface area (Å²) in [7, 11) is 0. The highest BCUT2D eigenvalue weighted by Crippen LogP contribution is 2.12. The van der Waals surface area contributed by atoms with Gasteiger partial charge in [-0.05, 0) is 43.3 Å². The molecule has 2 aromatic rings. The second kappa shape index (κ2) is 5.63. The number of rotatable bonds is 5. The monoisotopic (exact) mass is 250 g/mol. The molecule has 17 heavy (non-hydrogen) atoms. The van der Waals surface area contributed by atoms with Crippen molar-refractivity contribution in [3.63, 3.8) is 0 Å². The first kappa shape index (κ1) is 11.9. The van der Waals surface area contributed by atoms with Gasteiger partial charge in [-0.25, -0.2) is 5.10 Å². The summed E-state index contributed by atoms with van der Waals surface area (Å²) in [6.07, 6.45) is 1.57. The Labute approximate surface area is 105 Å². The summed E-state index contributed by atoms with van der Waals surface area (Å²) in [6.45, 7) is 2.68. The zero-order valence-corrected chi connectivity index (χ0v) is 10.4. The summed E-state index contributed by atoms with van der Waals surface area (Å²) in [5, 5.41) is 6.52. The van der Waals surface area contributed by atoms with Crippen LogP contribution in [-0.2, 0) is 6.42 Å². The van der Waals surface area contributed by atoms with Crippen LogP contribution in [0.5, 0.6) is 5.75 Å². The summed E-state index contributed by atoms with van der Waals surface area (Å²) in [5.74, 6) is 1.52. The second-order valence-corrected chi connectivity index (χ2v) is 4.15. The number of aryl methyl sites for hydroxylation is 2. The van der Waals surface area contributed by atoms with Crippen LogP contribution in [0.2, 0.25) is 0 Å². The summed E-state index contributed by atoms with van der Waals surface area (Å²) < 4.78 is 10.8. The molecule has 5 heteroatoms. The van der Waals surface area contributed by atoms with Crippen molar-refractivity contribution >= 4 is 12.2 Å². The highest BCUT2D eigenvalue weighted by molar-refractivity contribution is 7.71. The zero-order chi connectivity index (χ0) is 12.1. The third-order valence-electron chi connectivity index (χ3n) is 2.28. The van der Waals surface area contributed by atoms with Crippen molar-refractivity contribution in [3.05, 3.63) is 40.6 Å². The third-order valence-corrected chi connectivity index (χ3v) is 2.45. The van der Waals surface area contributed by atoms with Gasteiger partial charge in [0.05, 0.1) is 6.61 Å². The third kappa shape index (κ3) is 3.71. The van der Waals surface area contributed by atoms with Crippen molar-refractivity contribution in [2.45, 2.75) is 19.8 Å². The molecule has 0 aliphatic carbocycles. The Morgan fingerprint density at radius 2 is 2.35 bits per heavy atom. The standard InChI is InChI=1S/C12H14N2O2S/c1-9-4-2-5-10(8-9)15-7-3-6-11-13-14-12(17)16-11/h2,4-5,8H,3,6-7H2,1H3,(H,14,17). The molecule has 0 amide bonds. The average molecular weight is 250 g/mol. The van der Waals surface area contributed by atoms with E-state index in [9.17, 15) is 0 Å². The fourth-order valence-electron chi connectivity index (χ4n) is 1.49. The van der Waals surface area contributed by atoms with Crippen LogP contribution in [0.15, 0.2) is 28.7 Å². The fourth-order valence-corrected chi connectivity index (χ4v) is 1.63. The first-order valence-corrected chi connectivity index (χ1v) is 5.89. The number of hydrogen-bond donors (Lipinski definition) is 1. The predicted octanol–water partition coefficient (Wildman–Crippen LogP) is 3.05. The minimum atomic E-state index is 0.319. The summed E-state index contributed by atoms with van der Waals surface area (Å²) in [4.78, 5) is 0.319. The van der Waals surface area contributed by atoms with Gasteiger partial charge in [-0.2, -0.15) is 0 Å². The average Bonchev–Trinajstić information content (AvgIpc) is 2.71. The highest BCUT2D eigenvalue weighted by atomic mass is 32.1.